The summed E-state index contributed by atoms with van der Waals surface area (Å²) in [5.41, 5.74) is 1.02. The third kappa shape index (κ3) is 5.51. The molecule has 0 bridgehead atoms. The van der Waals surface area contributed by atoms with E-state index in [1.807, 2.05) is 18.2 Å². The Kier molecular flexibility index (Phi) is 6.49. The number of nitrogens with one attached hydrogen (secondary N) is 1. The van der Waals surface area contributed by atoms with E-state index < -0.39 is 0 Å². The summed E-state index contributed by atoms with van der Waals surface area (Å²) in [6.45, 7) is 7.33. The number of carbonyl (C=O) groups excluding carboxylic acids is 1. The van der Waals surface area contributed by atoms with E-state index in [0.29, 0.717) is 13.2 Å². The molecule has 0 radical (unpaired) electrons. The smallest absolute Gasteiger partial charge is 0.258 e. The highest BCUT2D eigenvalue weighted by Crippen LogP contribution is 2.33. The summed E-state index contributed by atoms with van der Waals surface area (Å²) in [5, 5.41) is 2.73. The zero-order valence-corrected chi connectivity index (χ0v) is 14.0. The molecule has 0 heterocycles. The first kappa shape index (κ1) is 17.0. The van der Waals surface area contributed by atoms with Crippen LogP contribution in [0.2, 0.25) is 0 Å². The van der Waals surface area contributed by atoms with Gasteiger partial charge in [-0.1, -0.05) is 36.7 Å². The summed E-state index contributed by atoms with van der Waals surface area (Å²) >= 11 is 3.46. The molecule has 1 rings (SSSR count). The van der Waals surface area contributed by atoms with Gasteiger partial charge in [-0.2, -0.15) is 0 Å². The van der Waals surface area contributed by atoms with Gasteiger partial charge in [0.15, 0.2) is 6.61 Å². The van der Waals surface area contributed by atoms with Gasteiger partial charge in [0.2, 0.25) is 0 Å². The zero-order chi connectivity index (χ0) is 15.2. The molecule has 112 valence electrons. The van der Waals surface area contributed by atoms with Crippen molar-refractivity contribution in [2.75, 3.05) is 26.9 Å². The Balaban J connectivity index is 2.66. The number of ether oxygens (including phenoxy) is 2. The molecule has 0 fully saturated rings. The van der Waals surface area contributed by atoms with Gasteiger partial charge in [-0.25, -0.2) is 0 Å². The molecule has 4 nitrogen and oxygen atoms in total. The maximum absolute atomic E-state index is 11.6. The van der Waals surface area contributed by atoms with Crippen molar-refractivity contribution < 1.29 is 14.3 Å². The van der Waals surface area contributed by atoms with E-state index in [4.69, 9.17) is 9.47 Å². The second kappa shape index (κ2) is 7.64. The molecule has 5 heteroatoms. The lowest BCUT2D eigenvalue weighted by atomic mass is 9.86. The third-order valence-electron chi connectivity index (χ3n) is 2.74. The Morgan fingerprint density at radius 2 is 2.05 bits per heavy atom. The van der Waals surface area contributed by atoms with Crippen molar-refractivity contribution in [2.45, 2.75) is 26.2 Å². The molecule has 1 aromatic rings. The Morgan fingerprint density at radius 1 is 1.35 bits per heavy atom. The molecular formula is C15H22BrNO3. The molecule has 20 heavy (non-hydrogen) atoms. The van der Waals surface area contributed by atoms with Crippen LogP contribution >= 0.6 is 15.9 Å². The average molecular weight is 344 g/mol. The quantitative estimate of drug-likeness (QED) is 0.808. The van der Waals surface area contributed by atoms with Gasteiger partial charge in [-0.3, -0.25) is 4.79 Å². The molecule has 1 amide bonds. The highest BCUT2D eigenvalue weighted by molar-refractivity contribution is 9.10. The van der Waals surface area contributed by atoms with E-state index in [2.05, 4.69) is 42.0 Å². The minimum Gasteiger partial charge on any atom is -0.483 e. The fraction of sp³-hybridized carbons (Fsp3) is 0.533. The van der Waals surface area contributed by atoms with Crippen LogP contribution in [0.15, 0.2) is 22.7 Å². The molecule has 0 saturated heterocycles. The topological polar surface area (TPSA) is 47.6 Å². The predicted molar refractivity (Wildman–Crippen MR) is 83.2 cm³/mol. The van der Waals surface area contributed by atoms with Crippen LogP contribution in [0, 0.1) is 0 Å². The monoisotopic (exact) mass is 343 g/mol. The fourth-order valence-corrected chi connectivity index (χ4v) is 2.06. The van der Waals surface area contributed by atoms with Gasteiger partial charge in [-0.05, 0) is 23.6 Å². The fourth-order valence-electron chi connectivity index (χ4n) is 1.70. The SMILES string of the molecule is COCCNC(=O)COc1ccc(Br)cc1C(C)(C)C. The van der Waals surface area contributed by atoms with Crippen molar-refractivity contribution in [1.29, 1.82) is 0 Å². The Hall–Kier alpha value is -1.07. The van der Waals surface area contributed by atoms with Gasteiger partial charge in [0.05, 0.1) is 6.61 Å². The Bertz CT molecular complexity index is 455. The molecule has 0 unspecified atom stereocenters. The van der Waals surface area contributed by atoms with E-state index in [-0.39, 0.29) is 17.9 Å². The van der Waals surface area contributed by atoms with Crippen LogP contribution in [0.1, 0.15) is 26.3 Å². The minimum absolute atomic E-state index is 0.00836. The molecule has 0 aliphatic rings. The average Bonchev–Trinajstić information content (AvgIpc) is 2.36. The predicted octanol–water partition coefficient (Wildman–Crippen LogP) is 2.89. The molecular weight excluding hydrogens is 322 g/mol. The molecule has 0 aliphatic heterocycles. The van der Waals surface area contributed by atoms with Gasteiger partial charge in [-0.15, -0.1) is 0 Å². The summed E-state index contributed by atoms with van der Waals surface area (Å²) in [7, 11) is 1.60. The second-order valence-corrected chi connectivity index (χ2v) is 6.44. The summed E-state index contributed by atoms with van der Waals surface area (Å²) in [6.07, 6.45) is 0. The van der Waals surface area contributed by atoms with Crippen LogP contribution in [0.3, 0.4) is 0 Å². The Morgan fingerprint density at radius 3 is 2.65 bits per heavy atom. The van der Waals surface area contributed by atoms with Gasteiger partial charge in [0.25, 0.3) is 5.91 Å². The summed E-state index contributed by atoms with van der Waals surface area (Å²) in [6, 6.07) is 5.82. The number of benzene rings is 1. The number of methoxy groups -OCH3 is 1. The number of rotatable bonds is 6. The highest BCUT2D eigenvalue weighted by atomic mass is 79.9. The van der Waals surface area contributed by atoms with Gasteiger partial charge < -0.3 is 14.8 Å². The number of hydrogen-bond donors (Lipinski definition) is 1. The van der Waals surface area contributed by atoms with Crippen LogP contribution in [0.5, 0.6) is 5.75 Å². The first-order chi connectivity index (χ1) is 9.34. The minimum atomic E-state index is -0.148. The summed E-state index contributed by atoms with van der Waals surface area (Å²) < 4.78 is 11.5. The van der Waals surface area contributed by atoms with Crippen LogP contribution in [-0.2, 0) is 14.9 Å². The number of hydrogen-bond acceptors (Lipinski definition) is 3. The first-order valence-electron chi connectivity index (χ1n) is 6.53. The van der Waals surface area contributed by atoms with Crippen molar-refractivity contribution in [3.63, 3.8) is 0 Å². The lowest BCUT2D eigenvalue weighted by Gasteiger charge is -2.23. The lowest BCUT2D eigenvalue weighted by Crippen LogP contribution is -2.31. The van der Waals surface area contributed by atoms with E-state index >= 15 is 0 Å². The maximum atomic E-state index is 11.6. The van der Waals surface area contributed by atoms with Crippen molar-refractivity contribution in [3.05, 3.63) is 28.2 Å². The van der Waals surface area contributed by atoms with E-state index in [9.17, 15) is 4.79 Å². The molecule has 0 aromatic heterocycles. The van der Waals surface area contributed by atoms with Crippen molar-refractivity contribution in [2.24, 2.45) is 0 Å². The molecule has 0 aliphatic carbocycles. The standard InChI is InChI=1S/C15H22BrNO3/c1-15(2,3)12-9-11(16)5-6-13(12)20-10-14(18)17-7-8-19-4/h5-6,9H,7-8,10H2,1-4H3,(H,17,18). The molecule has 0 atom stereocenters. The lowest BCUT2D eigenvalue weighted by molar-refractivity contribution is -0.123. The number of amides is 1. The first-order valence-corrected chi connectivity index (χ1v) is 7.32. The van der Waals surface area contributed by atoms with Crippen molar-refractivity contribution in [3.8, 4) is 5.75 Å². The summed E-state index contributed by atoms with van der Waals surface area (Å²) in [4.78, 5) is 11.6. The van der Waals surface area contributed by atoms with Crippen LogP contribution in [0.4, 0.5) is 0 Å². The van der Waals surface area contributed by atoms with Crippen molar-refractivity contribution in [1.82, 2.24) is 5.32 Å². The van der Waals surface area contributed by atoms with Crippen LogP contribution in [0.25, 0.3) is 0 Å². The van der Waals surface area contributed by atoms with E-state index in [1.165, 1.54) is 0 Å². The number of carbonyl (C=O) groups is 1. The van der Waals surface area contributed by atoms with E-state index in [0.717, 1.165) is 15.8 Å². The third-order valence-corrected chi connectivity index (χ3v) is 3.23. The number of halogens is 1. The van der Waals surface area contributed by atoms with Crippen molar-refractivity contribution >= 4 is 21.8 Å². The molecule has 0 spiro atoms. The highest BCUT2D eigenvalue weighted by Gasteiger charge is 2.19. The molecule has 0 saturated carbocycles. The van der Waals surface area contributed by atoms with Crippen LogP contribution < -0.4 is 10.1 Å². The second-order valence-electron chi connectivity index (χ2n) is 5.52. The maximum Gasteiger partial charge on any atom is 0.258 e. The van der Waals surface area contributed by atoms with Gasteiger partial charge in [0, 0.05) is 23.7 Å². The summed E-state index contributed by atoms with van der Waals surface area (Å²) in [5.74, 6) is 0.590. The zero-order valence-electron chi connectivity index (χ0n) is 12.5. The molecule has 1 N–H and O–H groups in total. The largest absolute Gasteiger partial charge is 0.483 e. The Labute approximate surface area is 129 Å². The van der Waals surface area contributed by atoms with Gasteiger partial charge >= 0.3 is 0 Å². The normalized spacial score (nSPS) is 11.2. The van der Waals surface area contributed by atoms with E-state index in [1.54, 1.807) is 7.11 Å². The van der Waals surface area contributed by atoms with Gasteiger partial charge in [0.1, 0.15) is 5.75 Å². The molecule has 1 aromatic carbocycles. The van der Waals surface area contributed by atoms with Crippen LogP contribution in [-0.4, -0.2) is 32.8 Å².